The molecule has 0 radical (unpaired) electrons. The van der Waals surface area contributed by atoms with Crippen LogP contribution in [0.1, 0.15) is 55.5 Å². The van der Waals surface area contributed by atoms with E-state index in [-0.39, 0.29) is 29.6 Å². The second kappa shape index (κ2) is 13.3. The van der Waals surface area contributed by atoms with E-state index in [0.717, 1.165) is 6.42 Å². The molecule has 1 aliphatic heterocycles. The lowest BCUT2D eigenvalue weighted by Gasteiger charge is -2.24. The number of fused-ring (bicyclic) bond motifs is 1. The van der Waals surface area contributed by atoms with Crippen LogP contribution in [0.3, 0.4) is 0 Å². The van der Waals surface area contributed by atoms with Gasteiger partial charge in [-0.25, -0.2) is 4.79 Å². The Morgan fingerprint density at radius 2 is 2.06 bits per heavy atom. The van der Waals surface area contributed by atoms with E-state index in [9.17, 15) is 19.8 Å². The van der Waals surface area contributed by atoms with Crippen LogP contribution in [0.15, 0.2) is 66.9 Å². The summed E-state index contributed by atoms with van der Waals surface area (Å²) in [6.45, 7) is 3.96. The number of hydrogen-bond donors (Lipinski definition) is 3. The standard InChI is InChI=1S/C26H33NO5/c1-3-4-5-6-16-24(30)27-17-10-14-21-18-23(29)19(2)11-7-8-12-20-13-9-15-22(28)25(20)26(31)32-21/h4-10,13,15-17,19,21,23,28-29H,3,11-12,14,18H2,1-2H3,(H,27,30)/b5-4-,8-7+,16-6-,17-10+. The van der Waals surface area contributed by atoms with Gasteiger partial charge in [0.05, 0.1) is 6.10 Å². The molecular weight excluding hydrogens is 406 g/mol. The number of cyclic esters (lactones) is 1. The Morgan fingerprint density at radius 3 is 2.84 bits per heavy atom. The van der Waals surface area contributed by atoms with Crippen molar-refractivity contribution in [1.82, 2.24) is 5.32 Å². The van der Waals surface area contributed by atoms with Crippen LogP contribution in [0.5, 0.6) is 5.75 Å². The summed E-state index contributed by atoms with van der Waals surface area (Å²) in [5.41, 5.74) is 0.832. The molecule has 32 heavy (non-hydrogen) atoms. The maximum absolute atomic E-state index is 12.9. The van der Waals surface area contributed by atoms with Crippen molar-refractivity contribution in [3.8, 4) is 5.75 Å². The summed E-state index contributed by atoms with van der Waals surface area (Å²) in [5.74, 6) is -1.02. The van der Waals surface area contributed by atoms with Crippen molar-refractivity contribution in [1.29, 1.82) is 0 Å². The van der Waals surface area contributed by atoms with Crippen molar-refractivity contribution in [2.75, 3.05) is 0 Å². The van der Waals surface area contributed by atoms with Gasteiger partial charge in [0.25, 0.3) is 0 Å². The summed E-state index contributed by atoms with van der Waals surface area (Å²) >= 11 is 0. The first-order valence-corrected chi connectivity index (χ1v) is 11.1. The zero-order valence-corrected chi connectivity index (χ0v) is 18.7. The van der Waals surface area contributed by atoms with Crippen LogP contribution < -0.4 is 5.32 Å². The SMILES string of the molecule is CC/C=C\C=C/C(=O)N/C=C/CC1CC(O)C(C)C/C=C/Cc2cccc(O)c2C(=O)O1. The minimum absolute atomic E-state index is 0.000482. The molecule has 3 unspecified atom stereocenters. The molecule has 1 amide bonds. The summed E-state index contributed by atoms with van der Waals surface area (Å²) in [4.78, 5) is 24.6. The summed E-state index contributed by atoms with van der Waals surface area (Å²) < 4.78 is 5.68. The predicted molar refractivity (Wildman–Crippen MR) is 125 cm³/mol. The number of esters is 1. The third kappa shape index (κ3) is 8.19. The maximum Gasteiger partial charge on any atom is 0.342 e. The minimum Gasteiger partial charge on any atom is -0.507 e. The molecule has 0 aromatic heterocycles. The van der Waals surface area contributed by atoms with E-state index in [1.54, 1.807) is 30.4 Å². The van der Waals surface area contributed by atoms with Gasteiger partial charge in [-0.2, -0.15) is 0 Å². The predicted octanol–water partition coefficient (Wildman–Crippen LogP) is 4.35. The van der Waals surface area contributed by atoms with Crippen LogP contribution in [0, 0.1) is 5.92 Å². The largest absolute Gasteiger partial charge is 0.507 e. The van der Waals surface area contributed by atoms with Crippen molar-refractivity contribution in [3.63, 3.8) is 0 Å². The summed E-state index contributed by atoms with van der Waals surface area (Å²) in [7, 11) is 0. The first kappa shape index (κ1) is 25.1. The number of allylic oxidation sites excluding steroid dienone is 5. The molecule has 0 saturated heterocycles. The Kier molecular flexibility index (Phi) is 10.5. The molecule has 6 nitrogen and oxygen atoms in total. The number of carbonyl (C=O) groups is 2. The molecule has 0 aliphatic carbocycles. The van der Waals surface area contributed by atoms with E-state index in [1.807, 2.05) is 32.1 Å². The number of carbonyl (C=O) groups excluding carboxylic acids is 2. The molecule has 6 heteroatoms. The van der Waals surface area contributed by atoms with Crippen molar-refractivity contribution < 1.29 is 24.5 Å². The fraction of sp³-hybridized carbons (Fsp3) is 0.385. The van der Waals surface area contributed by atoms with E-state index in [2.05, 4.69) is 5.32 Å². The molecule has 0 spiro atoms. The van der Waals surface area contributed by atoms with E-state index in [1.165, 1.54) is 18.3 Å². The van der Waals surface area contributed by atoms with Gasteiger partial charge in [0.1, 0.15) is 17.4 Å². The molecule has 1 aromatic carbocycles. The Morgan fingerprint density at radius 1 is 1.25 bits per heavy atom. The third-order valence-corrected chi connectivity index (χ3v) is 5.25. The van der Waals surface area contributed by atoms with E-state index in [0.29, 0.717) is 24.8 Å². The zero-order valence-electron chi connectivity index (χ0n) is 18.7. The molecular formula is C26H33NO5. The fourth-order valence-electron chi connectivity index (χ4n) is 3.34. The van der Waals surface area contributed by atoms with Gasteiger partial charge in [-0.3, -0.25) is 4.79 Å². The quantitative estimate of drug-likeness (QED) is 0.265. The average Bonchev–Trinajstić information content (AvgIpc) is 2.76. The number of rotatable bonds is 6. The topological polar surface area (TPSA) is 95.9 Å². The lowest BCUT2D eigenvalue weighted by Crippen LogP contribution is -2.28. The number of ether oxygens (including phenoxy) is 1. The Balaban J connectivity index is 2.11. The maximum atomic E-state index is 12.9. The first-order chi connectivity index (χ1) is 15.4. The molecule has 3 atom stereocenters. The Labute approximate surface area is 190 Å². The van der Waals surface area contributed by atoms with Gasteiger partial charge < -0.3 is 20.3 Å². The van der Waals surface area contributed by atoms with E-state index in [4.69, 9.17) is 4.74 Å². The summed E-state index contributed by atoms with van der Waals surface area (Å²) in [6, 6.07) is 4.95. The highest BCUT2D eigenvalue weighted by Gasteiger charge is 2.25. The highest BCUT2D eigenvalue weighted by molar-refractivity contribution is 5.94. The van der Waals surface area contributed by atoms with Crippen molar-refractivity contribution in [2.45, 2.75) is 58.2 Å². The van der Waals surface area contributed by atoms with Crippen LogP contribution in [0.4, 0.5) is 0 Å². The van der Waals surface area contributed by atoms with Crippen LogP contribution in [0.25, 0.3) is 0 Å². The van der Waals surface area contributed by atoms with Crippen molar-refractivity contribution in [3.05, 3.63) is 78.1 Å². The molecule has 3 N–H and O–H groups in total. The number of aliphatic hydroxyl groups excluding tert-OH is 1. The molecule has 0 saturated carbocycles. The van der Waals surface area contributed by atoms with Crippen LogP contribution in [-0.4, -0.2) is 34.3 Å². The van der Waals surface area contributed by atoms with Crippen molar-refractivity contribution >= 4 is 11.9 Å². The van der Waals surface area contributed by atoms with Gasteiger partial charge in [-0.1, -0.05) is 62.4 Å². The normalized spacial score (nSPS) is 23.5. The number of amides is 1. The molecule has 2 rings (SSSR count). The van der Waals surface area contributed by atoms with Crippen molar-refractivity contribution in [2.24, 2.45) is 5.92 Å². The van der Waals surface area contributed by atoms with Gasteiger partial charge in [-0.15, -0.1) is 0 Å². The minimum atomic E-state index is -0.656. The third-order valence-electron chi connectivity index (χ3n) is 5.25. The van der Waals surface area contributed by atoms with E-state index >= 15 is 0 Å². The average molecular weight is 440 g/mol. The monoisotopic (exact) mass is 439 g/mol. The van der Waals surface area contributed by atoms with Gasteiger partial charge in [0, 0.05) is 25.1 Å². The molecule has 172 valence electrons. The number of aromatic hydroxyl groups is 1. The summed E-state index contributed by atoms with van der Waals surface area (Å²) in [5, 5.41) is 23.4. The van der Waals surface area contributed by atoms with Gasteiger partial charge in [0.15, 0.2) is 0 Å². The van der Waals surface area contributed by atoms with E-state index < -0.39 is 18.2 Å². The molecule has 1 aromatic rings. The van der Waals surface area contributed by atoms with Gasteiger partial charge >= 0.3 is 5.97 Å². The first-order valence-electron chi connectivity index (χ1n) is 11.1. The summed E-state index contributed by atoms with van der Waals surface area (Å²) in [6.07, 6.45) is 15.3. The van der Waals surface area contributed by atoms with Crippen LogP contribution in [0.2, 0.25) is 0 Å². The number of benzene rings is 1. The Hall–Kier alpha value is -3.12. The molecule has 1 heterocycles. The number of phenolic OH excluding ortho intramolecular Hbond substituents is 1. The van der Waals surface area contributed by atoms with Crippen LogP contribution in [-0.2, 0) is 16.0 Å². The zero-order chi connectivity index (χ0) is 23.3. The van der Waals surface area contributed by atoms with Gasteiger partial charge in [0.2, 0.25) is 5.91 Å². The molecule has 0 bridgehead atoms. The highest BCUT2D eigenvalue weighted by Crippen LogP contribution is 2.26. The smallest absolute Gasteiger partial charge is 0.342 e. The number of phenols is 1. The fourth-order valence-corrected chi connectivity index (χ4v) is 3.34. The number of hydrogen-bond acceptors (Lipinski definition) is 5. The molecule has 0 fully saturated rings. The Bertz CT molecular complexity index is 884. The highest BCUT2D eigenvalue weighted by atomic mass is 16.5. The molecule has 1 aliphatic rings. The number of nitrogens with one attached hydrogen (secondary N) is 1. The second-order valence-corrected chi connectivity index (χ2v) is 7.87. The lowest BCUT2D eigenvalue weighted by atomic mass is 9.93. The number of aliphatic hydroxyl groups is 1. The van der Waals surface area contributed by atoms with Gasteiger partial charge in [-0.05, 0) is 36.8 Å². The lowest BCUT2D eigenvalue weighted by molar-refractivity contribution is -0.115. The van der Waals surface area contributed by atoms with Crippen LogP contribution >= 0.6 is 0 Å². The second-order valence-electron chi connectivity index (χ2n) is 7.87.